The van der Waals surface area contributed by atoms with Gasteiger partial charge >= 0.3 is 0 Å². The van der Waals surface area contributed by atoms with Gasteiger partial charge in [0.2, 0.25) is 10.0 Å². The Kier molecular flexibility index (Phi) is 3.77. The molecule has 72 valence electrons. The van der Waals surface area contributed by atoms with Crippen molar-refractivity contribution < 1.29 is 13.2 Å². The summed E-state index contributed by atoms with van der Waals surface area (Å²) in [5, 5.41) is -0.371. The number of rotatable bonds is 3. The molecule has 1 N–H and O–H groups in total. The van der Waals surface area contributed by atoms with Crippen LogP contribution in [0.25, 0.3) is 0 Å². The van der Waals surface area contributed by atoms with Crippen molar-refractivity contribution in [2.75, 3.05) is 18.4 Å². The summed E-state index contributed by atoms with van der Waals surface area (Å²) in [5.41, 5.74) is 0. The molecule has 6 heteroatoms. The van der Waals surface area contributed by atoms with Crippen LogP contribution in [-0.2, 0) is 14.8 Å². The fraction of sp³-hybridized carbons (Fsp3) is 1.00. The molecule has 0 atom stereocenters. The van der Waals surface area contributed by atoms with E-state index in [4.69, 9.17) is 16.3 Å². The monoisotopic (exact) mass is 213 g/mol. The molecule has 0 spiro atoms. The molecule has 0 aromatic carbocycles. The fourth-order valence-corrected chi connectivity index (χ4v) is 2.10. The zero-order valence-corrected chi connectivity index (χ0v) is 8.20. The summed E-state index contributed by atoms with van der Waals surface area (Å²) in [7, 11) is -3.26. The van der Waals surface area contributed by atoms with Crippen LogP contribution < -0.4 is 4.72 Å². The molecular formula is C6H12ClNO3S. The predicted octanol–water partition coefficient (Wildman–Crippen LogP) is 0.281. The van der Waals surface area contributed by atoms with E-state index in [0.29, 0.717) is 13.2 Å². The molecule has 0 aliphatic carbocycles. The molecule has 0 saturated carbocycles. The first kappa shape index (κ1) is 10.2. The Hall–Kier alpha value is 0.160. The van der Waals surface area contributed by atoms with E-state index in [2.05, 4.69) is 4.72 Å². The highest BCUT2D eigenvalue weighted by Crippen LogP contribution is 2.07. The normalized spacial score (nSPS) is 21.1. The quantitative estimate of drug-likeness (QED) is 0.686. The minimum Gasteiger partial charge on any atom is -0.381 e. The summed E-state index contributed by atoms with van der Waals surface area (Å²) in [6, 6.07) is 0.00231. The number of sulfonamides is 1. The topological polar surface area (TPSA) is 55.4 Å². The van der Waals surface area contributed by atoms with Crippen LogP contribution in [0.2, 0.25) is 0 Å². The van der Waals surface area contributed by atoms with Crippen molar-refractivity contribution in [3.63, 3.8) is 0 Å². The molecular weight excluding hydrogens is 202 g/mol. The maximum absolute atomic E-state index is 11.0. The summed E-state index contributed by atoms with van der Waals surface area (Å²) < 4.78 is 29.6. The van der Waals surface area contributed by atoms with Crippen molar-refractivity contribution in [3.05, 3.63) is 0 Å². The van der Waals surface area contributed by atoms with Crippen molar-refractivity contribution in [2.45, 2.75) is 18.9 Å². The first-order valence-corrected chi connectivity index (χ1v) is 5.96. The smallest absolute Gasteiger partial charge is 0.225 e. The number of nitrogens with one attached hydrogen (secondary N) is 1. The Morgan fingerprint density at radius 1 is 1.42 bits per heavy atom. The maximum Gasteiger partial charge on any atom is 0.225 e. The molecule has 1 aliphatic rings. The Morgan fingerprint density at radius 3 is 2.50 bits per heavy atom. The Balaban J connectivity index is 2.39. The molecule has 0 unspecified atom stereocenters. The maximum atomic E-state index is 11.0. The van der Waals surface area contributed by atoms with Crippen LogP contribution in [0.3, 0.4) is 0 Å². The predicted molar refractivity (Wildman–Crippen MR) is 46.6 cm³/mol. The third-order valence-corrected chi connectivity index (χ3v) is 3.55. The summed E-state index contributed by atoms with van der Waals surface area (Å²) in [5.74, 6) is 0. The van der Waals surface area contributed by atoms with Crippen molar-refractivity contribution >= 4 is 21.6 Å². The zero-order valence-electron chi connectivity index (χ0n) is 6.62. The van der Waals surface area contributed by atoms with Gasteiger partial charge in [0, 0.05) is 19.3 Å². The Bertz CT molecular complexity index is 223. The summed E-state index contributed by atoms with van der Waals surface area (Å²) in [6.07, 6.45) is 1.46. The SMILES string of the molecule is O=S(=O)(CCl)NC1CCOCC1. The highest BCUT2D eigenvalue weighted by atomic mass is 35.5. The van der Waals surface area contributed by atoms with Crippen molar-refractivity contribution in [1.29, 1.82) is 0 Å². The lowest BCUT2D eigenvalue weighted by Crippen LogP contribution is -2.39. The van der Waals surface area contributed by atoms with Gasteiger partial charge < -0.3 is 4.74 Å². The number of alkyl halides is 1. The second kappa shape index (κ2) is 4.41. The van der Waals surface area contributed by atoms with Crippen LogP contribution in [-0.4, -0.2) is 32.9 Å². The fourth-order valence-electron chi connectivity index (χ4n) is 1.10. The summed E-state index contributed by atoms with van der Waals surface area (Å²) >= 11 is 5.23. The molecule has 0 aromatic rings. The Labute approximate surface area is 77.3 Å². The molecule has 1 aliphatic heterocycles. The second-order valence-corrected chi connectivity index (χ2v) is 5.07. The molecule has 1 heterocycles. The average molecular weight is 214 g/mol. The molecule has 1 rings (SSSR count). The van der Waals surface area contributed by atoms with E-state index in [1.807, 2.05) is 0 Å². The van der Waals surface area contributed by atoms with Gasteiger partial charge in [-0.05, 0) is 12.8 Å². The number of hydrogen-bond donors (Lipinski definition) is 1. The van der Waals surface area contributed by atoms with E-state index < -0.39 is 10.0 Å². The van der Waals surface area contributed by atoms with Gasteiger partial charge in [0.05, 0.1) is 0 Å². The molecule has 0 amide bonds. The van der Waals surface area contributed by atoms with Gasteiger partial charge in [0.25, 0.3) is 0 Å². The van der Waals surface area contributed by atoms with Gasteiger partial charge in [-0.1, -0.05) is 0 Å². The van der Waals surface area contributed by atoms with Crippen LogP contribution in [0.15, 0.2) is 0 Å². The van der Waals surface area contributed by atoms with Crippen molar-refractivity contribution in [2.24, 2.45) is 0 Å². The zero-order chi connectivity index (χ0) is 9.03. The van der Waals surface area contributed by atoms with E-state index in [1.54, 1.807) is 0 Å². The molecule has 0 aromatic heterocycles. The molecule has 4 nitrogen and oxygen atoms in total. The molecule has 12 heavy (non-hydrogen) atoms. The third-order valence-electron chi connectivity index (χ3n) is 1.71. The van der Waals surface area contributed by atoms with E-state index >= 15 is 0 Å². The number of hydrogen-bond acceptors (Lipinski definition) is 3. The van der Waals surface area contributed by atoms with Gasteiger partial charge in [0.15, 0.2) is 0 Å². The minimum atomic E-state index is -3.26. The third kappa shape index (κ3) is 3.26. The molecule has 0 bridgehead atoms. The van der Waals surface area contributed by atoms with E-state index in [1.165, 1.54) is 0 Å². The van der Waals surface area contributed by atoms with E-state index in [9.17, 15) is 8.42 Å². The largest absolute Gasteiger partial charge is 0.381 e. The highest BCUT2D eigenvalue weighted by Gasteiger charge is 2.19. The average Bonchev–Trinajstić information content (AvgIpc) is 2.06. The van der Waals surface area contributed by atoms with Crippen LogP contribution in [0.5, 0.6) is 0 Å². The standard InChI is InChI=1S/C6H12ClNO3S/c7-5-12(9,10)8-6-1-3-11-4-2-6/h6,8H,1-5H2. The van der Waals surface area contributed by atoms with Crippen LogP contribution in [0.4, 0.5) is 0 Å². The van der Waals surface area contributed by atoms with Gasteiger partial charge in [-0.15, -0.1) is 11.6 Å². The van der Waals surface area contributed by atoms with Gasteiger partial charge in [0.1, 0.15) is 5.21 Å². The van der Waals surface area contributed by atoms with E-state index in [0.717, 1.165) is 12.8 Å². The van der Waals surface area contributed by atoms with Crippen LogP contribution in [0.1, 0.15) is 12.8 Å². The van der Waals surface area contributed by atoms with Gasteiger partial charge in [-0.3, -0.25) is 0 Å². The highest BCUT2D eigenvalue weighted by molar-refractivity contribution is 7.90. The summed E-state index contributed by atoms with van der Waals surface area (Å²) in [4.78, 5) is 0. The lowest BCUT2D eigenvalue weighted by molar-refractivity contribution is 0.0832. The lowest BCUT2D eigenvalue weighted by Gasteiger charge is -2.22. The van der Waals surface area contributed by atoms with Crippen molar-refractivity contribution in [1.82, 2.24) is 4.72 Å². The number of ether oxygens (including phenoxy) is 1. The van der Waals surface area contributed by atoms with Gasteiger partial charge in [-0.25, -0.2) is 13.1 Å². The molecule has 1 fully saturated rings. The molecule has 0 radical (unpaired) electrons. The van der Waals surface area contributed by atoms with Crippen molar-refractivity contribution in [3.8, 4) is 0 Å². The second-order valence-electron chi connectivity index (χ2n) is 2.73. The minimum absolute atomic E-state index is 0.00231. The Morgan fingerprint density at radius 2 is 2.00 bits per heavy atom. The molecule has 1 saturated heterocycles. The van der Waals surface area contributed by atoms with Crippen LogP contribution in [0, 0.1) is 0 Å². The first-order valence-electron chi connectivity index (χ1n) is 3.78. The van der Waals surface area contributed by atoms with E-state index in [-0.39, 0.29) is 11.3 Å². The van der Waals surface area contributed by atoms with Gasteiger partial charge in [-0.2, -0.15) is 0 Å². The number of halogens is 1. The lowest BCUT2D eigenvalue weighted by atomic mass is 10.1. The first-order chi connectivity index (χ1) is 5.64. The van der Waals surface area contributed by atoms with Crippen LogP contribution >= 0.6 is 11.6 Å². The summed E-state index contributed by atoms with van der Waals surface area (Å²) in [6.45, 7) is 1.24.